The van der Waals surface area contributed by atoms with E-state index in [1.165, 1.54) is 6.08 Å². The quantitative estimate of drug-likeness (QED) is 0.407. The summed E-state index contributed by atoms with van der Waals surface area (Å²) in [5.41, 5.74) is 0.603. The summed E-state index contributed by atoms with van der Waals surface area (Å²) in [7, 11) is -9.21. The van der Waals surface area contributed by atoms with E-state index in [1.807, 2.05) is 0 Å². The SMILES string of the molecule is C/C(=C/CCP(=O)(O)OP(=O)(O)O)CO. The van der Waals surface area contributed by atoms with Crippen LogP contribution in [-0.2, 0) is 13.4 Å². The third kappa shape index (κ3) is 8.96. The molecule has 15 heavy (non-hydrogen) atoms. The number of aliphatic hydroxyl groups excluding tert-OH is 1. The average molecular weight is 260 g/mol. The molecular formula is C6H14O7P2. The Morgan fingerprint density at radius 2 is 1.87 bits per heavy atom. The van der Waals surface area contributed by atoms with Crippen LogP contribution < -0.4 is 0 Å². The van der Waals surface area contributed by atoms with Crippen molar-refractivity contribution >= 4 is 15.4 Å². The summed E-state index contributed by atoms with van der Waals surface area (Å²) in [6.45, 7) is 1.45. The van der Waals surface area contributed by atoms with E-state index in [0.29, 0.717) is 5.57 Å². The topological polar surface area (TPSA) is 124 Å². The summed E-state index contributed by atoms with van der Waals surface area (Å²) in [6, 6.07) is 0. The van der Waals surface area contributed by atoms with Gasteiger partial charge in [-0.05, 0) is 13.3 Å². The molecule has 0 radical (unpaired) electrons. The van der Waals surface area contributed by atoms with Crippen LogP contribution in [0.25, 0.3) is 0 Å². The molecule has 4 N–H and O–H groups in total. The lowest BCUT2D eigenvalue weighted by Crippen LogP contribution is -1.93. The summed E-state index contributed by atoms with van der Waals surface area (Å²) >= 11 is 0. The maximum absolute atomic E-state index is 11.0. The minimum absolute atomic E-state index is 0.0974. The van der Waals surface area contributed by atoms with Gasteiger partial charge in [-0.3, -0.25) is 4.57 Å². The van der Waals surface area contributed by atoms with Gasteiger partial charge in [-0.15, -0.1) is 0 Å². The Balaban J connectivity index is 4.18. The molecule has 0 saturated carbocycles. The van der Waals surface area contributed by atoms with Crippen LogP contribution in [0.4, 0.5) is 0 Å². The van der Waals surface area contributed by atoms with Crippen molar-refractivity contribution in [3.63, 3.8) is 0 Å². The van der Waals surface area contributed by atoms with E-state index in [4.69, 9.17) is 19.8 Å². The summed E-state index contributed by atoms with van der Waals surface area (Å²) in [6.07, 6.45) is 1.18. The highest BCUT2D eigenvalue weighted by Crippen LogP contribution is 2.57. The van der Waals surface area contributed by atoms with E-state index in [0.717, 1.165) is 0 Å². The van der Waals surface area contributed by atoms with Crippen LogP contribution >= 0.6 is 15.4 Å². The van der Waals surface area contributed by atoms with E-state index in [2.05, 4.69) is 4.31 Å². The van der Waals surface area contributed by atoms with Crippen LogP contribution in [0, 0.1) is 0 Å². The monoisotopic (exact) mass is 260 g/mol. The van der Waals surface area contributed by atoms with Crippen molar-refractivity contribution in [3.05, 3.63) is 11.6 Å². The lowest BCUT2D eigenvalue weighted by atomic mass is 10.3. The molecule has 90 valence electrons. The van der Waals surface area contributed by atoms with E-state index in [1.54, 1.807) is 6.92 Å². The fourth-order valence-corrected chi connectivity index (χ4v) is 2.86. The molecule has 0 aromatic heterocycles. The lowest BCUT2D eigenvalue weighted by Gasteiger charge is -2.11. The molecule has 0 aromatic carbocycles. The Hall–Kier alpha value is -0.0000000000000000694. The van der Waals surface area contributed by atoms with Crippen molar-refractivity contribution in [2.24, 2.45) is 0 Å². The summed E-state index contributed by atoms with van der Waals surface area (Å²) in [5, 5.41) is 8.60. The van der Waals surface area contributed by atoms with Gasteiger partial charge >= 0.3 is 15.4 Å². The highest BCUT2D eigenvalue weighted by molar-refractivity contribution is 7.63. The molecule has 7 nitrogen and oxygen atoms in total. The molecule has 1 atom stereocenters. The van der Waals surface area contributed by atoms with E-state index < -0.39 is 21.6 Å². The maximum atomic E-state index is 11.0. The van der Waals surface area contributed by atoms with Crippen LogP contribution in [0.1, 0.15) is 13.3 Å². The number of rotatable bonds is 6. The van der Waals surface area contributed by atoms with Gasteiger partial charge in [-0.1, -0.05) is 11.6 Å². The normalized spacial score (nSPS) is 17.5. The Labute approximate surface area is 87.2 Å². The van der Waals surface area contributed by atoms with E-state index in [9.17, 15) is 9.13 Å². The molecule has 0 aliphatic heterocycles. The minimum atomic E-state index is -4.94. The zero-order chi connectivity index (χ0) is 12.1. The molecule has 0 heterocycles. The average Bonchev–Trinajstić information content (AvgIpc) is 1.98. The molecule has 0 fully saturated rings. The minimum Gasteiger partial charge on any atom is -0.392 e. The first kappa shape index (κ1) is 15.0. The third-order valence-corrected chi connectivity index (χ3v) is 4.08. The number of phosphoric acid groups is 1. The fourth-order valence-electron chi connectivity index (χ4n) is 0.746. The van der Waals surface area contributed by atoms with Crippen molar-refractivity contribution in [1.29, 1.82) is 0 Å². The Morgan fingerprint density at radius 3 is 2.27 bits per heavy atom. The second kappa shape index (κ2) is 5.92. The summed E-state index contributed by atoms with van der Waals surface area (Å²) in [5.74, 6) is 0. The second-order valence-electron chi connectivity index (χ2n) is 2.93. The first-order valence-corrected chi connectivity index (χ1v) is 7.31. The van der Waals surface area contributed by atoms with Gasteiger partial charge in [0.2, 0.25) is 0 Å². The van der Waals surface area contributed by atoms with Gasteiger partial charge in [0, 0.05) is 0 Å². The first-order chi connectivity index (χ1) is 6.66. The van der Waals surface area contributed by atoms with Crippen LogP contribution in [0.15, 0.2) is 11.6 Å². The van der Waals surface area contributed by atoms with Gasteiger partial charge in [0.25, 0.3) is 0 Å². The molecule has 0 saturated heterocycles. The molecule has 0 aliphatic rings. The smallest absolute Gasteiger partial charge is 0.392 e. The summed E-state index contributed by atoms with van der Waals surface area (Å²) in [4.78, 5) is 25.6. The Bertz CT molecular complexity index is 317. The second-order valence-corrected chi connectivity index (χ2v) is 6.29. The zero-order valence-corrected chi connectivity index (χ0v) is 9.90. The maximum Gasteiger partial charge on any atom is 0.476 e. The van der Waals surface area contributed by atoms with Crippen molar-refractivity contribution < 1.29 is 33.2 Å². The molecule has 0 rings (SSSR count). The first-order valence-electron chi connectivity index (χ1n) is 4.01. The number of hydrogen-bond acceptors (Lipinski definition) is 4. The Kier molecular flexibility index (Phi) is 5.92. The van der Waals surface area contributed by atoms with Crippen molar-refractivity contribution in [2.75, 3.05) is 12.8 Å². The zero-order valence-electron chi connectivity index (χ0n) is 8.11. The molecular weight excluding hydrogens is 246 g/mol. The number of hydrogen-bond donors (Lipinski definition) is 4. The summed E-state index contributed by atoms with van der Waals surface area (Å²) < 4.78 is 25.1. The lowest BCUT2D eigenvalue weighted by molar-refractivity contribution is 0.263. The van der Waals surface area contributed by atoms with Gasteiger partial charge in [0.15, 0.2) is 0 Å². The van der Waals surface area contributed by atoms with Gasteiger partial charge in [-0.25, -0.2) is 8.88 Å². The molecule has 0 aromatic rings. The predicted molar refractivity (Wildman–Crippen MR) is 53.3 cm³/mol. The molecule has 0 spiro atoms. The number of allylic oxidation sites excluding steroid dienone is 1. The largest absolute Gasteiger partial charge is 0.476 e. The van der Waals surface area contributed by atoms with E-state index >= 15 is 0 Å². The van der Waals surface area contributed by atoms with Crippen molar-refractivity contribution in [2.45, 2.75) is 13.3 Å². The molecule has 1 unspecified atom stereocenters. The van der Waals surface area contributed by atoms with Crippen LogP contribution in [0.5, 0.6) is 0 Å². The van der Waals surface area contributed by atoms with Gasteiger partial charge in [-0.2, -0.15) is 0 Å². The van der Waals surface area contributed by atoms with Crippen molar-refractivity contribution in [3.8, 4) is 0 Å². The predicted octanol–water partition coefficient (Wildman–Crippen LogP) is 0.610. The molecule has 0 aliphatic carbocycles. The molecule has 9 heteroatoms. The van der Waals surface area contributed by atoms with E-state index in [-0.39, 0.29) is 13.0 Å². The number of aliphatic hydroxyl groups is 1. The Morgan fingerprint density at radius 1 is 1.33 bits per heavy atom. The van der Waals surface area contributed by atoms with Gasteiger partial charge in [0.05, 0.1) is 12.8 Å². The fraction of sp³-hybridized carbons (Fsp3) is 0.667. The highest BCUT2D eigenvalue weighted by Gasteiger charge is 2.29. The van der Waals surface area contributed by atoms with Gasteiger partial charge in [0.1, 0.15) is 0 Å². The third-order valence-electron chi connectivity index (χ3n) is 1.39. The van der Waals surface area contributed by atoms with Crippen LogP contribution in [0.3, 0.4) is 0 Å². The molecule has 0 bridgehead atoms. The highest BCUT2D eigenvalue weighted by atomic mass is 31.3. The molecule has 0 amide bonds. The van der Waals surface area contributed by atoms with Crippen molar-refractivity contribution in [1.82, 2.24) is 0 Å². The van der Waals surface area contributed by atoms with Crippen LogP contribution in [-0.4, -0.2) is 32.6 Å². The standard InChI is InChI=1S/C6H14O7P2/c1-6(5-7)3-2-4-14(8,9)13-15(10,11)12/h3,7H,2,4-5H2,1H3,(H,8,9)(H2,10,11,12)/b6-3-. The van der Waals surface area contributed by atoms with Crippen LogP contribution in [0.2, 0.25) is 0 Å². The van der Waals surface area contributed by atoms with Gasteiger partial charge < -0.3 is 19.8 Å².